The molecule has 1 aliphatic heterocycles. The fraction of sp³-hybridized carbons (Fsp3) is 0.400. The van der Waals surface area contributed by atoms with Gasteiger partial charge in [-0.1, -0.05) is 11.6 Å². The number of rotatable bonds is 4. The fourth-order valence-electron chi connectivity index (χ4n) is 3.77. The second kappa shape index (κ2) is 7.81. The Hall–Kier alpha value is -1.96. The van der Waals surface area contributed by atoms with Crippen molar-refractivity contribution in [2.75, 3.05) is 0 Å². The predicted octanol–water partition coefficient (Wildman–Crippen LogP) is 5.34. The third-order valence-electron chi connectivity index (χ3n) is 5.23. The molecule has 0 amide bonds. The van der Waals surface area contributed by atoms with E-state index in [-0.39, 0.29) is 30.2 Å². The summed E-state index contributed by atoms with van der Waals surface area (Å²) in [6.45, 7) is 1.88. The van der Waals surface area contributed by atoms with Crippen LogP contribution in [0.15, 0.2) is 35.4 Å². The second-order valence-electron chi connectivity index (χ2n) is 7.07. The van der Waals surface area contributed by atoms with Crippen LogP contribution in [0.5, 0.6) is 5.75 Å². The monoisotopic (exact) mass is 423 g/mol. The van der Waals surface area contributed by atoms with Crippen LogP contribution < -0.4 is 4.74 Å². The molecule has 2 fully saturated rings. The van der Waals surface area contributed by atoms with Crippen molar-refractivity contribution in [1.82, 2.24) is 4.98 Å². The molecule has 1 N–H and O–H groups in total. The normalized spacial score (nSPS) is 28.3. The molecule has 1 aliphatic carbocycles. The maximum absolute atomic E-state index is 14.6. The Balaban J connectivity index is 1.45. The highest BCUT2D eigenvalue weighted by atomic mass is 35.5. The second-order valence-corrected chi connectivity index (χ2v) is 8.37. The lowest BCUT2D eigenvalue weighted by atomic mass is 9.91. The van der Waals surface area contributed by atoms with Gasteiger partial charge in [0.05, 0.1) is 12.4 Å². The summed E-state index contributed by atoms with van der Waals surface area (Å²) in [6, 6.07) is 5.32. The molecule has 1 aromatic carbocycles. The Kier molecular flexibility index (Phi) is 5.40. The van der Waals surface area contributed by atoms with E-state index in [2.05, 4.69) is 4.98 Å². The van der Waals surface area contributed by atoms with E-state index in [1.165, 1.54) is 23.0 Å². The molecule has 28 heavy (non-hydrogen) atoms. The maximum atomic E-state index is 14.6. The Morgan fingerprint density at radius 3 is 3.00 bits per heavy atom. The van der Waals surface area contributed by atoms with Crippen molar-refractivity contribution in [3.63, 3.8) is 0 Å². The zero-order chi connectivity index (χ0) is 19.8. The van der Waals surface area contributed by atoms with Gasteiger partial charge in [-0.15, -0.1) is 11.3 Å². The molecule has 1 saturated carbocycles. The van der Waals surface area contributed by atoms with E-state index in [4.69, 9.17) is 26.2 Å². The van der Waals surface area contributed by atoms with Crippen molar-refractivity contribution in [3.8, 4) is 5.75 Å². The Morgan fingerprint density at radius 2 is 2.29 bits per heavy atom. The average Bonchev–Trinajstić information content (AvgIpc) is 3.27. The van der Waals surface area contributed by atoms with Crippen LogP contribution in [0.2, 0.25) is 5.02 Å². The predicted molar refractivity (Wildman–Crippen MR) is 104 cm³/mol. The number of benzene rings is 1. The molecule has 2 aliphatic rings. The highest BCUT2D eigenvalue weighted by Crippen LogP contribution is 2.46. The van der Waals surface area contributed by atoms with Gasteiger partial charge < -0.3 is 14.6 Å². The summed E-state index contributed by atoms with van der Waals surface area (Å²) in [6.07, 6.45) is 1.53. The van der Waals surface area contributed by atoms with E-state index in [1.807, 2.05) is 13.0 Å². The molecule has 0 bridgehead atoms. The number of ether oxygens (including phenoxy) is 2. The first-order valence-corrected chi connectivity index (χ1v) is 10.3. The van der Waals surface area contributed by atoms with Crippen molar-refractivity contribution >= 4 is 28.9 Å². The number of fused-ring (bicyclic) bond motifs is 1. The average molecular weight is 424 g/mol. The van der Waals surface area contributed by atoms with E-state index in [1.54, 1.807) is 12.1 Å². The molecule has 5 nitrogen and oxygen atoms in total. The third kappa shape index (κ3) is 3.79. The maximum Gasteiger partial charge on any atom is 0.355 e. The van der Waals surface area contributed by atoms with Crippen molar-refractivity contribution in [2.24, 2.45) is 5.92 Å². The lowest BCUT2D eigenvalue weighted by molar-refractivity contribution is -0.0684. The zero-order valence-electron chi connectivity index (χ0n) is 15.1. The van der Waals surface area contributed by atoms with Gasteiger partial charge in [0.2, 0.25) is 0 Å². The van der Waals surface area contributed by atoms with Crippen molar-refractivity contribution in [3.05, 3.63) is 56.7 Å². The van der Waals surface area contributed by atoms with Gasteiger partial charge in [0, 0.05) is 28.3 Å². The van der Waals surface area contributed by atoms with Gasteiger partial charge in [0.1, 0.15) is 23.0 Å². The largest absolute Gasteiger partial charge is 0.476 e. The molecule has 4 atom stereocenters. The molecule has 4 rings (SSSR count). The number of hydrogen-bond donors (Lipinski definition) is 1. The molecule has 0 radical (unpaired) electrons. The van der Waals surface area contributed by atoms with Crippen LogP contribution in [-0.4, -0.2) is 28.3 Å². The van der Waals surface area contributed by atoms with Gasteiger partial charge in [-0.25, -0.2) is 14.2 Å². The zero-order valence-corrected chi connectivity index (χ0v) is 16.7. The minimum Gasteiger partial charge on any atom is -0.476 e. The number of hydrogen-bond acceptors (Lipinski definition) is 5. The summed E-state index contributed by atoms with van der Waals surface area (Å²) in [5.74, 6) is -0.483. The molecule has 8 heteroatoms. The summed E-state index contributed by atoms with van der Waals surface area (Å²) in [7, 11) is 0. The standard InChI is InChI=1S/C20H19ClFNO4S/c1-10-6-11(2-4-14(10)21)26-8-13-12-3-5-17(27-18(12)7-15(13)22)19-23-16(9-28-19)20(24)25/h2,4,6,8-9,12,15,17-18H,3,5,7H2,1H3,(H,24,25)/b13-8+/t12-,15+,17-,18+/m1/s1. The first-order chi connectivity index (χ1) is 13.4. The lowest BCUT2D eigenvalue weighted by Gasteiger charge is -2.31. The van der Waals surface area contributed by atoms with Gasteiger partial charge in [-0.05, 0) is 43.5 Å². The van der Waals surface area contributed by atoms with Gasteiger partial charge >= 0.3 is 5.97 Å². The Bertz CT molecular complexity index is 931. The van der Waals surface area contributed by atoms with Crippen molar-refractivity contribution in [2.45, 2.75) is 44.6 Å². The van der Waals surface area contributed by atoms with E-state index < -0.39 is 12.1 Å². The van der Waals surface area contributed by atoms with Gasteiger partial charge in [-0.2, -0.15) is 0 Å². The smallest absolute Gasteiger partial charge is 0.355 e. The van der Waals surface area contributed by atoms with Crippen LogP contribution in [0.25, 0.3) is 0 Å². The Morgan fingerprint density at radius 1 is 1.46 bits per heavy atom. The number of nitrogens with zero attached hydrogens (tertiary/aromatic N) is 1. The van der Waals surface area contributed by atoms with Gasteiger partial charge in [0.15, 0.2) is 5.69 Å². The van der Waals surface area contributed by atoms with E-state index >= 15 is 0 Å². The molecule has 2 aromatic rings. The number of carbonyl (C=O) groups is 1. The first kappa shape index (κ1) is 19.4. The number of aromatic carboxylic acids is 1. The number of alkyl halides is 1. The molecule has 1 aromatic heterocycles. The van der Waals surface area contributed by atoms with E-state index in [9.17, 15) is 9.18 Å². The van der Waals surface area contributed by atoms with Gasteiger partial charge in [0.25, 0.3) is 0 Å². The SMILES string of the molecule is Cc1cc(O/C=C2\[C@H]3CC[C@H](c4nc(C(=O)O)cs4)O[C@H]3C[C@@H]2F)ccc1Cl. The summed E-state index contributed by atoms with van der Waals surface area (Å²) < 4.78 is 26.4. The first-order valence-electron chi connectivity index (χ1n) is 9.03. The molecular formula is C20H19ClFNO4S. The molecule has 1 saturated heterocycles. The minimum absolute atomic E-state index is 0.0211. The molecular weight excluding hydrogens is 405 g/mol. The van der Waals surface area contributed by atoms with E-state index in [0.717, 1.165) is 12.0 Å². The van der Waals surface area contributed by atoms with Crippen LogP contribution in [-0.2, 0) is 4.74 Å². The van der Waals surface area contributed by atoms with E-state index in [0.29, 0.717) is 27.8 Å². The summed E-state index contributed by atoms with van der Waals surface area (Å²) in [5, 5.41) is 11.8. The summed E-state index contributed by atoms with van der Waals surface area (Å²) in [5.41, 5.74) is 1.53. The number of aromatic nitrogens is 1. The molecule has 2 heterocycles. The quantitative estimate of drug-likeness (QED) is 0.672. The Labute approximate surface area is 170 Å². The highest BCUT2D eigenvalue weighted by molar-refractivity contribution is 7.09. The highest BCUT2D eigenvalue weighted by Gasteiger charge is 2.44. The fourth-order valence-corrected chi connectivity index (χ4v) is 4.75. The molecule has 0 spiro atoms. The van der Waals surface area contributed by atoms with Crippen LogP contribution >= 0.6 is 22.9 Å². The number of aryl methyl sites for hydroxylation is 1. The van der Waals surface area contributed by atoms with Gasteiger partial charge in [-0.3, -0.25) is 0 Å². The van der Waals surface area contributed by atoms with Crippen molar-refractivity contribution < 1.29 is 23.8 Å². The van der Waals surface area contributed by atoms with Crippen LogP contribution in [0.1, 0.15) is 46.4 Å². The number of carboxylic acids is 1. The van der Waals surface area contributed by atoms with Crippen molar-refractivity contribution in [1.29, 1.82) is 0 Å². The number of thiazole rings is 1. The number of halogens is 2. The molecule has 0 unspecified atom stereocenters. The number of carboxylic acid groups (broad SMARTS) is 1. The summed E-state index contributed by atoms with van der Waals surface area (Å²) >= 11 is 7.29. The summed E-state index contributed by atoms with van der Waals surface area (Å²) in [4.78, 5) is 15.1. The van der Waals surface area contributed by atoms with Crippen LogP contribution in [0.4, 0.5) is 4.39 Å². The lowest BCUT2D eigenvalue weighted by Crippen LogP contribution is -2.28. The third-order valence-corrected chi connectivity index (χ3v) is 6.59. The topological polar surface area (TPSA) is 68.7 Å². The molecule has 148 valence electrons. The minimum atomic E-state index is -1.12. The van der Waals surface area contributed by atoms with Crippen LogP contribution in [0, 0.1) is 12.8 Å². The van der Waals surface area contributed by atoms with Crippen LogP contribution in [0.3, 0.4) is 0 Å².